The zero-order valence-corrected chi connectivity index (χ0v) is 8.34. The predicted molar refractivity (Wildman–Crippen MR) is 54.0 cm³/mol. The number of benzene rings is 1. The number of hydrogen-bond acceptors (Lipinski definition) is 3. The topological polar surface area (TPSA) is 55.1 Å². The molecule has 0 aromatic heterocycles. The summed E-state index contributed by atoms with van der Waals surface area (Å²) in [5.41, 5.74) is 4.56. The van der Waals surface area contributed by atoms with E-state index in [4.69, 9.17) is 5.73 Å². The number of alkyl halides is 3. The summed E-state index contributed by atoms with van der Waals surface area (Å²) >= 11 is 0. The lowest BCUT2D eigenvalue weighted by Gasteiger charge is -2.09. The van der Waals surface area contributed by atoms with Crippen LogP contribution in [-0.2, 0) is 11.0 Å². The van der Waals surface area contributed by atoms with Gasteiger partial charge in [0.1, 0.15) is 0 Å². The van der Waals surface area contributed by atoms with E-state index in [2.05, 4.69) is 5.32 Å². The molecule has 0 fully saturated rings. The van der Waals surface area contributed by atoms with Crippen molar-refractivity contribution in [3.05, 3.63) is 29.8 Å². The fourth-order valence-electron chi connectivity index (χ4n) is 1.08. The Kier molecular flexibility index (Phi) is 3.89. The van der Waals surface area contributed by atoms with Crippen LogP contribution in [0.2, 0.25) is 0 Å². The summed E-state index contributed by atoms with van der Waals surface area (Å²) in [4.78, 5) is 10.9. The third-order valence-electron chi connectivity index (χ3n) is 1.91. The minimum atomic E-state index is -4.38. The van der Waals surface area contributed by atoms with Crippen molar-refractivity contribution in [3.8, 4) is 0 Å². The molecular formula is C10H11F3N2O. The standard InChI is InChI=1S/C10H11F3N2O/c11-10(12,13)7-2-1-3-8(4-7)15-6-9(16)5-14/h1-4,15H,5-6,14H2. The van der Waals surface area contributed by atoms with Gasteiger partial charge in [0.25, 0.3) is 0 Å². The Morgan fingerprint density at radius 1 is 1.38 bits per heavy atom. The third kappa shape index (κ3) is 3.54. The number of ketones is 1. The van der Waals surface area contributed by atoms with Gasteiger partial charge in [0, 0.05) is 5.69 Å². The van der Waals surface area contributed by atoms with Crippen LogP contribution in [0.1, 0.15) is 5.56 Å². The maximum absolute atomic E-state index is 12.3. The number of rotatable bonds is 4. The van der Waals surface area contributed by atoms with Crippen LogP contribution in [-0.4, -0.2) is 18.9 Å². The second-order valence-corrected chi connectivity index (χ2v) is 3.17. The largest absolute Gasteiger partial charge is 0.416 e. The molecule has 0 saturated carbocycles. The minimum absolute atomic E-state index is 0.0716. The molecule has 0 radical (unpaired) electrons. The molecular weight excluding hydrogens is 221 g/mol. The Hall–Kier alpha value is -1.56. The first kappa shape index (κ1) is 12.5. The summed E-state index contributed by atoms with van der Waals surface area (Å²) in [5.74, 6) is -0.266. The van der Waals surface area contributed by atoms with E-state index in [1.54, 1.807) is 0 Å². The molecule has 0 atom stereocenters. The first-order chi connectivity index (χ1) is 7.43. The molecule has 0 amide bonds. The average Bonchev–Trinajstić information content (AvgIpc) is 2.25. The van der Waals surface area contributed by atoms with Crippen molar-refractivity contribution in [2.24, 2.45) is 5.73 Å². The van der Waals surface area contributed by atoms with E-state index in [1.165, 1.54) is 12.1 Å². The SMILES string of the molecule is NCC(=O)CNc1cccc(C(F)(F)F)c1. The van der Waals surface area contributed by atoms with Crippen molar-refractivity contribution in [1.29, 1.82) is 0 Å². The first-order valence-electron chi connectivity index (χ1n) is 4.56. The lowest BCUT2D eigenvalue weighted by molar-refractivity contribution is -0.137. The van der Waals surface area contributed by atoms with Crippen molar-refractivity contribution in [2.45, 2.75) is 6.18 Å². The number of hydrogen-bond donors (Lipinski definition) is 2. The zero-order chi connectivity index (χ0) is 12.2. The summed E-state index contributed by atoms with van der Waals surface area (Å²) in [7, 11) is 0. The number of carbonyl (C=O) groups is 1. The molecule has 0 aliphatic rings. The van der Waals surface area contributed by atoms with Gasteiger partial charge < -0.3 is 11.1 Å². The fourth-order valence-corrected chi connectivity index (χ4v) is 1.08. The second kappa shape index (κ2) is 4.98. The summed E-state index contributed by atoms with van der Waals surface area (Å²) in [6.07, 6.45) is -4.38. The first-order valence-corrected chi connectivity index (χ1v) is 4.56. The minimum Gasteiger partial charge on any atom is -0.378 e. The molecule has 1 aromatic carbocycles. The number of carbonyl (C=O) groups excluding carboxylic acids is 1. The van der Waals surface area contributed by atoms with Crippen molar-refractivity contribution in [1.82, 2.24) is 0 Å². The van der Waals surface area contributed by atoms with Gasteiger partial charge in [-0.05, 0) is 18.2 Å². The number of halogens is 3. The van der Waals surface area contributed by atoms with Crippen molar-refractivity contribution >= 4 is 11.5 Å². The lowest BCUT2D eigenvalue weighted by atomic mass is 10.2. The Bertz CT molecular complexity index is 377. The summed E-state index contributed by atoms with van der Waals surface area (Å²) in [6, 6.07) is 4.65. The van der Waals surface area contributed by atoms with E-state index >= 15 is 0 Å². The van der Waals surface area contributed by atoms with Gasteiger partial charge in [0.05, 0.1) is 18.7 Å². The normalized spacial score (nSPS) is 11.2. The molecule has 1 aromatic rings. The van der Waals surface area contributed by atoms with E-state index in [1.807, 2.05) is 0 Å². The molecule has 3 N–H and O–H groups in total. The highest BCUT2D eigenvalue weighted by Crippen LogP contribution is 2.30. The Morgan fingerprint density at radius 3 is 2.62 bits per heavy atom. The Morgan fingerprint density at radius 2 is 2.06 bits per heavy atom. The molecule has 0 saturated heterocycles. The van der Waals surface area contributed by atoms with Crippen LogP contribution in [0.5, 0.6) is 0 Å². The van der Waals surface area contributed by atoms with Gasteiger partial charge in [0.15, 0.2) is 5.78 Å². The van der Waals surface area contributed by atoms with Crippen molar-refractivity contribution < 1.29 is 18.0 Å². The summed E-state index contributed by atoms with van der Waals surface area (Å²) in [6.45, 7) is -0.205. The van der Waals surface area contributed by atoms with Crippen molar-refractivity contribution in [3.63, 3.8) is 0 Å². The van der Waals surface area contributed by atoms with Gasteiger partial charge >= 0.3 is 6.18 Å². The van der Waals surface area contributed by atoms with Crippen LogP contribution in [0.25, 0.3) is 0 Å². The van der Waals surface area contributed by atoms with Crippen LogP contribution in [0.15, 0.2) is 24.3 Å². The maximum atomic E-state index is 12.3. The Balaban J connectivity index is 2.72. The lowest BCUT2D eigenvalue weighted by Crippen LogP contribution is -2.22. The highest BCUT2D eigenvalue weighted by Gasteiger charge is 2.30. The molecule has 0 unspecified atom stereocenters. The quantitative estimate of drug-likeness (QED) is 0.829. The highest BCUT2D eigenvalue weighted by molar-refractivity contribution is 5.84. The number of Topliss-reactive ketones (excluding diaryl/α,β-unsaturated/α-hetero) is 1. The van der Waals surface area contributed by atoms with Gasteiger partial charge in [-0.15, -0.1) is 0 Å². The van der Waals surface area contributed by atoms with E-state index in [-0.39, 0.29) is 24.6 Å². The molecule has 0 aliphatic heterocycles. The van der Waals surface area contributed by atoms with Crippen molar-refractivity contribution in [2.75, 3.05) is 18.4 Å². The molecule has 0 aliphatic carbocycles. The maximum Gasteiger partial charge on any atom is 0.416 e. The zero-order valence-electron chi connectivity index (χ0n) is 8.34. The summed E-state index contributed by atoms with van der Waals surface area (Å²) in [5, 5.41) is 2.58. The van der Waals surface area contributed by atoms with Gasteiger partial charge in [0.2, 0.25) is 0 Å². The molecule has 88 valence electrons. The van der Waals surface area contributed by atoms with Gasteiger partial charge in [-0.1, -0.05) is 6.07 Å². The van der Waals surface area contributed by atoms with Gasteiger partial charge in [-0.3, -0.25) is 4.79 Å². The highest BCUT2D eigenvalue weighted by atomic mass is 19.4. The Labute approximate surface area is 90.4 Å². The summed E-state index contributed by atoms with van der Waals surface area (Å²) < 4.78 is 37.0. The smallest absolute Gasteiger partial charge is 0.378 e. The number of nitrogens with two attached hydrogens (primary N) is 1. The molecule has 0 bridgehead atoms. The second-order valence-electron chi connectivity index (χ2n) is 3.17. The predicted octanol–water partition coefficient (Wildman–Crippen LogP) is 1.65. The fraction of sp³-hybridized carbons (Fsp3) is 0.300. The van der Waals surface area contributed by atoms with Crippen LogP contribution < -0.4 is 11.1 Å². The number of anilines is 1. The molecule has 6 heteroatoms. The van der Waals surface area contributed by atoms with E-state index in [0.717, 1.165) is 12.1 Å². The van der Waals surface area contributed by atoms with E-state index in [0.29, 0.717) is 0 Å². The van der Waals surface area contributed by atoms with Crippen LogP contribution in [0.4, 0.5) is 18.9 Å². The molecule has 1 rings (SSSR count). The molecule has 0 heterocycles. The van der Waals surface area contributed by atoms with Crippen LogP contribution in [0.3, 0.4) is 0 Å². The number of nitrogens with one attached hydrogen (secondary N) is 1. The molecule has 0 spiro atoms. The van der Waals surface area contributed by atoms with E-state index < -0.39 is 11.7 Å². The average molecular weight is 232 g/mol. The van der Waals surface area contributed by atoms with E-state index in [9.17, 15) is 18.0 Å². The van der Waals surface area contributed by atoms with Gasteiger partial charge in [-0.2, -0.15) is 13.2 Å². The molecule has 16 heavy (non-hydrogen) atoms. The van der Waals surface area contributed by atoms with Crippen LogP contribution >= 0.6 is 0 Å². The van der Waals surface area contributed by atoms with Gasteiger partial charge in [-0.25, -0.2) is 0 Å². The monoisotopic (exact) mass is 232 g/mol. The van der Waals surface area contributed by atoms with Crippen LogP contribution in [0, 0.1) is 0 Å². The molecule has 3 nitrogen and oxygen atoms in total. The third-order valence-corrected chi connectivity index (χ3v) is 1.91.